The Labute approximate surface area is 89.5 Å². The van der Waals surface area contributed by atoms with Crippen molar-refractivity contribution in [1.29, 1.82) is 0 Å². The van der Waals surface area contributed by atoms with Gasteiger partial charge in [0.15, 0.2) is 5.78 Å². The Bertz CT molecular complexity index is 302. The number of rotatable bonds is 5. The van der Waals surface area contributed by atoms with E-state index < -0.39 is 5.97 Å². The van der Waals surface area contributed by atoms with Gasteiger partial charge in [-0.1, -0.05) is 25.2 Å². The number of aliphatic carboxylic acids is 1. The molecular weight excluding hydrogens is 192 g/mol. The van der Waals surface area contributed by atoms with Gasteiger partial charge in [0.2, 0.25) is 0 Å². The highest BCUT2D eigenvalue weighted by Gasteiger charge is 2.30. The van der Waals surface area contributed by atoms with Gasteiger partial charge < -0.3 is 5.11 Å². The van der Waals surface area contributed by atoms with Gasteiger partial charge in [0.1, 0.15) is 0 Å². The first-order valence-corrected chi connectivity index (χ1v) is 5.24. The van der Waals surface area contributed by atoms with Crippen molar-refractivity contribution >= 4 is 11.8 Å². The van der Waals surface area contributed by atoms with E-state index in [1.54, 1.807) is 6.08 Å². The van der Waals surface area contributed by atoms with Crippen LogP contribution in [0, 0.1) is 11.8 Å². The molecule has 0 aromatic rings. The molecule has 0 saturated carbocycles. The molecule has 0 fully saturated rings. The van der Waals surface area contributed by atoms with Crippen molar-refractivity contribution in [3.8, 4) is 0 Å². The summed E-state index contributed by atoms with van der Waals surface area (Å²) in [6, 6.07) is 0. The number of hydrogen-bond acceptors (Lipinski definition) is 2. The lowest BCUT2D eigenvalue weighted by molar-refractivity contribution is -0.138. The molecule has 82 valence electrons. The number of carboxylic acids is 1. The summed E-state index contributed by atoms with van der Waals surface area (Å²) in [5.74, 6) is -1.08. The van der Waals surface area contributed by atoms with Crippen molar-refractivity contribution in [2.45, 2.75) is 26.2 Å². The summed E-state index contributed by atoms with van der Waals surface area (Å²) >= 11 is 0. The zero-order valence-corrected chi connectivity index (χ0v) is 8.85. The summed E-state index contributed by atoms with van der Waals surface area (Å²) in [6.45, 7) is 2.03. The average molecular weight is 208 g/mol. The Morgan fingerprint density at radius 2 is 2.27 bits per heavy atom. The fourth-order valence-corrected chi connectivity index (χ4v) is 1.80. The topological polar surface area (TPSA) is 54.4 Å². The van der Waals surface area contributed by atoms with Crippen LogP contribution >= 0.6 is 0 Å². The lowest BCUT2D eigenvalue weighted by atomic mass is 9.89. The van der Waals surface area contributed by atoms with Gasteiger partial charge >= 0.3 is 5.97 Å². The third-order valence-corrected chi connectivity index (χ3v) is 2.59. The highest BCUT2D eigenvalue weighted by atomic mass is 16.4. The van der Waals surface area contributed by atoms with Crippen molar-refractivity contribution in [2.75, 3.05) is 0 Å². The van der Waals surface area contributed by atoms with E-state index >= 15 is 0 Å². The quantitative estimate of drug-likeness (QED) is 0.704. The van der Waals surface area contributed by atoms with Crippen LogP contribution in [-0.4, -0.2) is 16.9 Å². The Kier molecular flexibility index (Phi) is 4.28. The largest absolute Gasteiger partial charge is 0.481 e. The van der Waals surface area contributed by atoms with Crippen LogP contribution in [0.15, 0.2) is 24.3 Å². The smallest absolute Gasteiger partial charge is 0.303 e. The van der Waals surface area contributed by atoms with E-state index in [4.69, 9.17) is 5.11 Å². The Balaban J connectivity index is 2.55. The number of hydrogen-bond donors (Lipinski definition) is 1. The molecule has 1 N–H and O–H groups in total. The minimum Gasteiger partial charge on any atom is -0.481 e. The molecule has 1 aliphatic rings. The molecule has 1 aliphatic carbocycles. The van der Waals surface area contributed by atoms with E-state index in [9.17, 15) is 9.59 Å². The number of ketones is 1. The predicted molar refractivity (Wildman–Crippen MR) is 57.4 cm³/mol. The molecule has 1 rings (SSSR count). The molecule has 0 radical (unpaired) electrons. The SMILES string of the molecule is CC/C=C\C[C@H]1C(=O)C=C[C@H]1CC(=O)O. The molecular formula is C12H16O3. The van der Waals surface area contributed by atoms with Gasteiger partial charge in [0.05, 0.1) is 6.42 Å². The molecule has 2 atom stereocenters. The van der Waals surface area contributed by atoms with Crippen LogP contribution in [0.25, 0.3) is 0 Å². The Morgan fingerprint density at radius 3 is 2.87 bits per heavy atom. The molecule has 0 heterocycles. The van der Waals surface area contributed by atoms with Gasteiger partial charge in [-0.25, -0.2) is 0 Å². The van der Waals surface area contributed by atoms with Crippen molar-refractivity contribution in [3.63, 3.8) is 0 Å². The number of carbonyl (C=O) groups excluding carboxylic acids is 1. The minimum atomic E-state index is -0.844. The summed E-state index contributed by atoms with van der Waals surface area (Å²) in [5.41, 5.74) is 0. The summed E-state index contributed by atoms with van der Waals surface area (Å²) in [4.78, 5) is 22.0. The van der Waals surface area contributed by atoms with E-state index in [0.717, 1.165) is 6.42 Å². The van der Waals surface area contributed by atoms with Gasteiger partial charge in [-0.3, -0.25) is 9.59 Å². The van der Waals surface area contributed by atoms with Crippen LogP contribution < -0.4 is 0 Å². The fraction of sp³-hybridized carbons (Fsp3) is 0.500. The van der Waals surface area contributed by atoms with Crippen molar-refractivity contribution in [1.82, 2.24) is 0 Å². The first-order valence-electron chi connectivity index (χ1n) is 5.24. The zero-order valence-electron chi connectivity index (χ0n) is 8.85. The van der Waals surface area contributed by atoms with E-state index in [0.29, 0.717) is 6.42 Å². The summed E-state index contributed by atoms with van der Waals surface area (Å²) in [5, 5.41) is 8.69. The van der Waals surface area contributed by atoms with Crippen LogP contribution in [0.3, 0.4) is 0 Å². The summed E-state index contributed by atoms with van der Waals surface area (Å²) in [6.07, 6.45) is 8.84. The molecule has 0 aromatic carbocycles. The summed E-state index contributed by atoms with van der Waals surface area (Å²) < 4.78 is 0. The van der Waals surface area contributed by atoms with Gasteiger partial charge in [-0.05, 0) is 24.8 Å². The number of carboxylic acid groups (broad SMARTS) is 1. The van der Waals surface area contributed by atoms with Crippen LogP contribution in [0.5, 0.6) is 0 Å². The van der Waals surface area contributed by atoms with Crippen molar-refractivity contribution < 1.29 is 14.7 Å². The van der Waals surface area contributed by atoms with Gasteiger partial charge in [-0.2, -0.15) is 0 Å². The van der Waals surface area contributed by atoms with Gasteiger partial charge in [0.25, 0.3) is 0 Å². The van der Waals surface area contributed by atoms with Gasteiger partial charge in [-0.15, -0.1) is 0 Å². The van der Waals surface area contributed by atoms with Crippen LogP contribution in [0.1, 0.15) is 26.2 Å². The molecule has 0 amide bonds. The highest BCUT2D eigenvalue weighted by molar-refractivity contribution is 5.95. The first-order chi connectivity index (χ1) is 7.15. The Hall–Kier alpha value is -1.38. The van der Waals surface area contributed by atoms with Crippen molar-refractivity contribution in [2.24, 2.45) is 11.8 Å². The van der Waals surface area contributed by atoms with Crippen molar-refractivity contribution in [3.05, 3.63) is 24.3 Å². The molecule has 0 saturated heterocycles. The van der Waals surface area contributed by atoms with Crippen LogP contribution in [0.2, 0.25) is 0 Å². The maximum absolute atomic E-state index is 11.4. The molecule has 15 heavy (non-hydrogen) atoms. The van der Waals surface area contributed by atoms with E-state index in [1.165, 1.54) is 6.08 Å². The van der Waals surface area contributed by atoms with Crippen LogP contribution in [0.4, 0.5) is 0 Å². The maximum Gasteiger partial charge on any atom is 0.303 e. The van der Waals surface area contributed by atoms with Crippen LogP contribution in [-0.2, 0) is 9.59 Å². The average Bonchev–Trinajstić information content (AvgIpc) is 2.49. The van der Waals surface area contributed by atoms with Gasteiger partial charge in [0, 0.05) is 5.92 Å². The molecule has 0 spiro atoms. The van der Waals surface area contributed by atoms with E-state index in [-0.39, 0.29) is 24.0 Å². The molecule has 0 bridgehead atoms. The second kappa shape index (κ2) is 5.49. The molecule has 3 nitrogen and oxygen atoms in total. The maximum atomic E-state index is 11.4. The lowest BCUT2D eigenvalue weighted by Crippen LogP contribution is -2.18. The molecule has 0 unspecified atom stereocenters. The predicted octanol–water partition coefficient (Wildman–Crippen LogP) is 2.19. The monoisotopic (exact) mass is 208 g/mol. The number of carbonyl (C=O) groups is 2. The third-order valence-electron chi connectivity index (χ3n) is 2.59. The summed E-state index contributed by atoms with van der Waals surface area (Å²) in [7, 11) is 0. The second-order valence-corrected chi connectivity index (χ2v) is 3.75. The number of allylic oxidation sites excluding steroid dienone is 4. The first kappa shape index (κ1) is 11.7. The molecule has 0 aromatic heterocycles. The Morgan fingerprint density at radius 1 is 1.53 bits per heavy atom. The van der Waals surface area contributed by atoms with E-state index in [1.807, 2.05) is 19.1 Å². The van der Waals surface area contributed by atoms with E-state index in [2.05, 4.69) is 0 Å². The highest BCUT2D eigenvalue weighted by Crippen LogP contribution is 2.28. The normalized spacial score (nSPS) is 25.3. The molecule has 0 aliphatic heterocycles. The third kappa shape index (κ3) is 3.35. The molecule has 3 heteroatoms. The second-order valence-electron chi connectivity index (χ2n) is 3.75. The fourth-order valence-electron chi connectivity index (χ4n) is 1.80. The standard InChI is InChI=1S/C12H16O3/c1-2-3-4-5-10-9(8-12(14)15)6-7-11(10)13/h3-4,6-7,9-10H,2,5,8H2,1H3,(H,14,15)/b4-3-/t9-,10+/m0/s1. The minimum absolute atomic E-state index is 0.0485. The zero-order chi connectivity index (χ0) is 11.3. The lowest BCUT2D eigenvalue weighted by Gasteiger charge is -2.13.